The van der Waals surface area contributed by atoms with Crippen molar-refractivity contribution >= 4 is 33.3 Å². The first-order chi connectivity index (χ1) is 14.9. The van der Waals surface area contributed by atoms with Crippen molar-refractivity contribution in [2.75, 3.05) is 5.32 Å². The van der Waals surface area contributed by atoms with Crippen LogP contribution in [0, 0.1) is 12.7 Å². The van der Waals surface area contributed by atoms with Gasteiger partial charge in [-0.3, -0.25) is 9.59 Å². The predicted octanol–water partition coefficient (Wildman–Crippen LogP) is 4.36. The summed E-state index contributed by atoms with van der Waals surface area (Å²) >= 11 is 3.33. The number of aryl methyl sites for hydroxylation is 1. The Hall–Kier alpha value is -3.72. The standard InChI is InChI=1S/C22H15BrFN5O2/c1-13-26-27-28-29(13)16-10-11-19(24)20(12-16)25-22(31)18-5-3-2-4-17(18)21(30)14-6-8-15(23)9-7-14/h2-12H,1H3,(H,25,31). The highest BCUT2D eigenvalue weighted by Crippen LogP contribution is 2.22. The Labute approximate surface area is 185 Å². The van der Waals surface area contributed by atoms with E-state index in [0.29, 0.717) is 17.1 Å². The molecular weight excluding hydrogens is 465 g/mol. The smallest absolute Gasteiger partial charge is 0.256 e. The van der Waals surface area contributed by atoms with Gasteiger partial charge in [-0.1, -0.05) is 34.1 Å². The average Bonchev–Trinajstić information content (AvgIpc) is 3.21. The molecule has 0 unspecified atom stereocenters. The lowest BCUT2D eigenvalue weighted by Crippen LogP contribution is -2.18. The second-order valence-corrected chi connectivity index (χ2v) is 7.55. The second-order valence-electron chi connectivity index (χ2n) is 6.64. The topological polar surface area (TPSA) is 89.8 Å². The molecule has 4 aromatic rings. The van der Waals surface area contributed by atoms with E-state index >= 15 is 0 Å². The summed E-state index contributed by atoms with van der Waals surface area (Å²) in [5, 5.41) is 13.8. The molecule has 0 aliphatic carbocycles. The van der Waals surface area contributed by atoms with Crippen LogP contribution in [0.3, 0.4) is 0 Å². The Balaban J connectivity index is 1.65. The molecule has 1 N–H and O–H groups in total. The van der Waals surface area contributed by atoms with E-state index in [1.165, 1.54) is 28.9 Å². The van der Waals surface area contributed by atoms with Crippen molar-refractivity contribution in [2.45, 2.75) is 6.92 Å². The van der Waals surface area contributed by atoms with Gasteiger partial charge in [-0.2, -0.15) is 4.68 Å². The summed E-state index contributed by atoms with van der Waals surface area (Å²) in [6.07, 6.45) is 0. The monoisotopic (exact) mass is 479 g/mol. The minimum absolute atomic E-state index is 0.0525. The number of nitrogens with one attached hydrogen (secondary N) is 1. The van der Waals surface area contributed by atoms with Gasteiger partial charge in [0, 0.05) is 15.6 Å². The van der Waals surface area contributed by atoms with Crippen LogP contribution in [0.4, 0.5) is 10.1 Å². The maximum atomic E-state index is 14.4. The zero-order valence-corrected chi connectivity index (χ0v) is 17.8. The number of carbonyl (C=O) groups is 2. The first-order valence-electron chi connectivity index (χ1n) is 9.19. The number of aromatic nitrogens is 4. The third kappa shape index (κ3) is 4.26. The molecule has 0 atom stereocenters. The van der Waals surface area contributed by atoms with Crippen LogP contribution in [0.15, 0.2) is 71.2 Å². The van der Waals surface area contributed by atoms with Crippen LogP contribution in [0.1, 0.15) is 32.1 Å². The highest BCUT2D eigenvalue weighted by molar-refractivity contribution is 9.10. The van der Waals surface area contributed by atoms with E-state index in [1.807, 2.05) is 0 Å². The molecular formula is C22H15BrFN5O2. The number of benzene rings is 3. The van der Waals surface area contributed by atoms with Crippen molar-refractivity contribution in [2.24, 2.45) is 0 Å². The van der Waals surface area contributed by atoms with Crippen LogP contribution in [-0.2, 0) is 0 Å². The Morgan fingerprint density at radius 2 is 1.71 bits per heavy atom. The SMILES string of the molecule is Cc1nnnn1-c1ccc(F)c(NC(=O)c2ccccc2C(=O)c2ccc(Br)cc2)c1. The van der Waals surface area contributed by atoms with Crippen LogP contribution in [0.2, 0.25) is 0 Å². The maximum Gasteiger partial charge on any atom is 0.256 e. The zero-order valence-electron chi connectivity index (χ0n) is 16.2. The van der Waals surface area contributed by atoms with Gasteiger partial charge in [0.15, 0.2) is 11.6 Å². The molecule has 4 rings (SSSR count). The fourth-order valence-electron chi connectivity index (χ4n) is 3.04. The number of tetrazole rings is 1. The molecule has 0 fully saturated rings. The van der Waals surface area contributed by atoms with E-state index in [2.05, 4.69) is 36.8 Å². The highest BCUT2D eigenvalue weighted by atomic mass is 79.9. The van der Waals surface area contributed by atoms with Gasteiger partial charge in [-0.15, -0.1) is 5.10 Å². The number of amides is 1. The number of rotatable bonds is 5. The lowest BCUT2D eigenvalue weighted by molar-refractivity contribution is 0.0996. The molecule has 1 aromatic heterocycles. The minimum Gasteiger partial charge on any atom is -0.319 e. The Morgan fingerprint density at radius 1 is 1.00 bits per heavy atom. The van der Waals surface area contributed by atoms with E-state index in [4.69, 9.17) is 0 Å². The molecule has 0 radical (unpaired) electrons. The summed E-state index contributed by atoms with van der Waals surface area (Å²) in [6.45, 7) is 1.70. The maximum absolute atomic E-state index is 14.4. The van der Waals surface area contributed by atoms with Crippen molar-refractivity contribution < 1.29 is 14.0 Å². The summed E-state index contributed by atoms with van der Waals surface area (Å²) < 4.78 is 16.7. The van der Waals surface area contributed by atoms with Crippen molar-refractivity contribution in [1.82, 2.24) is 20.2 Å². The molecule has 3 aromatic carbocycles. The van der Waals surface area contributed by atoms with E-state index in [9.17, 15) is 14.0 Å². The molecule has 0 aliphatic rings. The van der Waals surface area contributed by atoms with Gasteiger partial charge < -0.3 is 5.32 Å². The van der Waals surface area contributed by atoms with Gasteiger partial charge in [0.2, 0.25) is 0 Å². The fraction of sp³-hybridized carbons (Fsp3) is 0.0455. The quantitative estimate of drug-likeness (QED) is 0.429. The van der Waals surface area contributed by atoms with Gasteiger partial charge in [-0.25, -0.2) is 4.39 Å². The lowest BCUT2D eigenvalue weighted by atomic mass is 9.98. The van der Waals surface area contributed by atoms with E-state index in [1.54, 1.807) is 49.4 Å². The van der Waals surface area contributed by atoms with E-state index < -0.39 is 11.7 Å². The Bertz CT molecular complexity index is 1290. The highest BCUT2D eigenvalue weighted by Gasteiger charge is 2.19. The van der Waals surface area contributed by atoms with Crippen LogP contribution in [0.5, 0.6) is 0 Å². The fourth-order valence-corrected chi connectivity index (χ4v) is 3.30. The summed E-state index contributed by atoms with van der Waals surface area (Å²) in [6, 6.07) is 17.4. The Kier molecular flexibility index (Phi) is 5.68. The third-order valence-electron chi connectivity index (χ3n) is 4.59. The normalized spacial score (nSPS) is 10.7. The van der Waals surface area contributed by atoms with Crippen molar-refractivity contribution in [1.29, 1.82) is 0 Å². The van der Waals surface area contributed by atoms with Gasteiger partial charge >= 0.3 is 0 Å². The number of ketones is 1. The molecule has 9 heteroatoms. The van der Waals surface area contributed by atoms with Gasteiger partial charge in [0.05, 0.1) is 16.9 Å². The largest absolute Gasteiger partial charge is 0.319 e. The first-order valence-corrected chi connectivity index (χ1v) is 9.99. The van der Waals surface area contributed by atoms with Crippen LogP contribution < -0.4 is 5.32 Å². The van der Waals surface area contributed by atoms with E-state index in [-0.39, 0.29) is 22.6 Å². The summed E-state index contributed by atoms with van der Waals surface area (Å²) in [5.41, 5.74) is 1.22. The summed E-state index contributed by atoms with van der Waals surface area (Å²) in [4.78, 5) is 25.9. The number of nitrogens with zero attached hydrogens (tertiary/aromatic N) is 4. The second kappa shape index (κ2) is 8.57. The minimum atomic E-state index is -0.625. The number of anilines is 1. The Morgan fingerprint density at radius 3 is 2.39 bits per heavy atom. The number of halogens is 2. The van der Waals surface area contributed by atoms with Gasteiger partial charge in [0.1, 0.15) is 5.82 Å². The van der Waals surface area contributed by atoms with Crippen molar-refractivity contribution in [3.8, 4) is 5.69 Å². The number of carbonyl (C=O) groups excluding carboxylic acids is 2. The molecule has 7 nitrogen and oxygen atoms in total. The number of hydrogen-bond acceptors (Lipinski definition) is 5. The van der Waals surface area contributed by atoms with E-state index in [0.717, 1.165) is 4.47 Å². The number of hydrogen-bond donors (Lipinski definition) is 1. The molecule has 0 spiro atoms. The van der Waals surface area contributed by atoms with Crippen LogP contribution in [-0.4, -0.2) is 31.9 Å². The summed E-state index contributed by atoms with van der Waals surface area (Å²) in [5.74, 6) is -1.03. The molecule has 0 saturated heterocycles. The lowest BCUT2D eigenvalue weighted by Gasteiger charge is -2.12. The van der Waals surface area contributed by atoms with Gasteiger partial charge in [0.25, 0.3) is 5.91 Å². The average molecular weight is 480 g/mol. The molecule has 31 heavy (non-hydrogen) atoms. The van der Waals surface area contributed by atoms with Crippen LogP contribution in [0.25, 0.3) is 5.69 Å². The molecule has 1 heterocycles. The van der Waals surface area contributed by atoms with Gasteiger partial charge in [-0.05, 0) is 65.9 Å². The molecule has 0 aliphatic heterocycles. The molecule has 0 saturated carbocycles. The summed E-state index contributed by atoms with van der Waals surface area (Å²) in [7, 11) is 0. The van der Waals surface area contributed by atoms with Crippen molar-refractivity contribution in [3.63, 3.8) is 0 Å². The molecule has 1 amide bonds. The molecule has 0 bridgehead atoms. The van der Waals surface area contributed by atoms with Crippen molar-refractivity contribution in [3.05, 3.63) is 99.5 Å². The first kappa shape index (κ1) is 20.5. The van der Waals surface area contributed by atoms with Crippen LogP contribution >= 0.6 is 15.9 Å². The zero-order chi connectivity index (χ0) is 22.0. The predicted molar refractivity (Wildman–Crippen MR) is 116 cm³/mol. The molecule has 154 valence electrons. The third-order valence-corrected chi connectivity index (χ3v) is 5.12.